The van der Waals surface area contributed by atoms with Crippen molar-refractivity contribution in [1.82, 2.24) is 9.72 Å². The quantitative estimate of drug-likeness (QED) is 0.612. The molecule has 1 atom stereocenters. The van der Waals surface area contributed by atoms with E-state index in [-0.39, 0.29) is 0 Å². The van der Waals surface area contributed by atoms with Crippen molar-refractivity contribution in [1.29, 1.82) is 0 Å². The van der Waals surface area contributed by atoms with Crippen molar-refractivity contribution in [2.24, 2.45) is 0 Å². The van der Waals surface area contributed by atoms with Gasteiger partial charge in [0.05, 0.1) is 18.3 Å². The number of benzene rings is 1. The van der Waals surface area contributed by atoms with Gasteiger partial charge >= 0.3 is 0 Å². The topological polar surface area (TPSA) is 63.0 Å². The van der Waals surface area contributed by atoms with Gasteiger partial charge in [-0.2, -0.15) is 0 Å². The first-order valence-electron chi connectivity index (χ1n) is 9.28. The summed E-state index contributed by atoms with van der Waals surface area (Å²) < 4.78 is 33.2. The van der Waals surface area contributed by atoms with E-state index < -0.39 is 30.9 Å². The van der Waals surface area contributed by atoms with Crippen LogP contribution in [0.3, 0.4) is 0 Å². The number of aliphatic hydroxyl groups excluding tert-OH is 1. The van der Waals surface area contributed by atoms with E-state index in [4.69, 9.17) is 4.74 Å². The van der Waals surface area contributed by atoms with Crippen molar-refractivity contribution in [3.05, 3.63) is 65.5 Å². The molecule has 0 aliphatic heterocycles. The van der Waals surface area contributed by atoms with E-state index in [0.717, 1.165) is 11.1 Å². The maximum absolute atomic E-state index is 12.9. The Bertz CT molecular complexity index is 1010. The van der Waals surface area contributed by atoms with Crippen LogP contribution in [0.2, 0.25) is 0 Å². The Morgan fingerprint density at radius 2 is 1.83 bits per heavy atom. The fourth-order valence-electron chi connectivity index (χ4n) is 3.20. The average Bonchev–Trinajstić information content (AvgIpc) is 2.98. The number of carbonyl (C=O) groups is 1. The van der Waals surface area contributed by atoms with Crippen LogP contribution in [-0.4, -0.2) is 34.0 Å². The molecule has 2 heterocycles. The van der Waals surface area contributed by atoms with Gasteiger partial charge in [0.25, 0.3) is 5.91 Å². The summed E-state index contributed by atoms with van der Waals surface area (Å²) >= 11 is 0. The lowest BCUT2D eigenvalue weighted by Crippen LogP contribution is -2.50. The molecule has 0 bridgehead atoms. The SMILES string of the molecule is Cc1ccc(Oc2ccc3cc(C)c(C(=O)NC(C)(CO)CC(F)F)n3c2)cc1. The fraction of sp³-hybridized carbons (Fsp3) is 0.318. The fourth-order valence-corrected chi connectivity index (χ4v) is 3.20. The van der Waals surface area contributed by atoms with E-state index in [9.17, 15) is 18.7 Å². The summed E-state index contributed by atoms with van der Waals surface area (Å²) in [5.74, 6) is 0.658. The maximum Gasteiger partial charge on any atom is 0.269 e. The lowest BCUT2D eigenvalue weighted by molar-refractivity contribution is 0.0582. The molecule has 7 heteroatoms. The molecular formula is C22H24F2N2O3. The number of aryl methyl sites for hydroxylation is 2. The van der Waals surface area contributed by atoms with Gasteiger partial charge in [-0.15, -0.1) is 0 Å². The van der Waals surface area contributed by atoms with Crippen LogP contribution in [0.15, 0.2) is 48.7 Å². The molecule has 5 nitrogen and oxygen atoms in total. The van der Waals surface area contributed by atoms with Gasteiger partial charge in [0.2, 0.25) is 6.43 Å². The highest BCUT2D eigenvalue weighted by Gasteiger charge is 2.31. The van der Waals surface area contributed by atoms with Gasteiger partial charge in [0, 0.05) is 11.9 Å². The predicted octanol–water partition coefficient (Wildman–Crippen LogP) is 4.48. The standard InChI is InChI=1S/C22H24F2N2O3/c1-14-4-7-17(8-5-14)29-18-9-6-16-10-15(2)20(26(16)12-18)21(28)25-22(3,13-27)11-19(23)24/h4-10,12,19,27H,11,13H2,1-3H3,(H,25,28). The highest BCUT2D eigenvalue weighted by atomic mass is 19.3. The Labute approximate surface area is 167 Å². The number of aromatic nitrogens is 1. The summed E-state index contributed by atoms with van der Waals surface area (Å²) in [5.41, 5.74) is 1.46. The monoisotopic (exact) mass is 402 g/mol. The van der Waals surface area contributed by atoms with E-state index in [1.54, 1.807) is 23.6 Å². The van der Waals surface area contributed by atoms with Crippen molar-refractivity contribution in [3.8, 4) is 11.5 Å². The van der Waals surface area contributed by atoms with Gasteiger partial charge < -0.3 is 19.6 Å². The third-order valence-corrected chi connectivity index (χ3v) is 4.77. The predicted molar refractivity (Wildman–Crippen MR) is 107 cm³/mol. The van der Waals surface area contributed by atoms with Crippen LogP contribution in [0, 0.1) is 13.8 Å². The van der Waals surface area contributed by atoms with Crippen molar-refractivity contribution < 1.29 is 23.4 Å². The molecule has 1 unspecified atom stereocenters. The van der Waals surface area contributed by atoms with Crippen LogP contribution in [0.1, 0.15) is 35.0 Å². The van der Waals surface area contributed by atoms with E-state index in [1.807, 2.05) is 43.3 Å². The van der Waals surface area contributed by atoms with Crippen molar-refractivity contribution >= 4 is 11.4 Å². The molecule has 0 aliphatic carbocycles. The Hall–Kier alpha value is -2.93. The maximum atomic E-state index is 12.9. The molecule has 1 amide bonds. The minimum Gasteiger partial charge on any atom is -0.456 e. The van der Waals surface area contributed by atoms with Crippen molar-refractivity contribution in [2.75, 3.05) is 6.61 Å². The molecule has 2 N–H and O–H groups in total. The normalized spacial score (nSPS) is 13.5. The lowest BCUT2D eigenvalue weighted by atomic mass is 9.99. The van der Waals surface area contributed by atoms with Gasteiger partial charge in [-0.3, -0.25) is 4.79 Å². The molecule has 29 heavy (non-hydrogen) atoms. The molecule has 154 valence electrons. The second-order valence-electron chi connectivity index (χ2n) is 7.52. The molecule has 0 aliphatic rings. The molecule has 3 aromatic rings. The zero-order valence-electron chi connectivity index (χ0n) is 16.6. The van der Waals surface area contributed by atoms with E-state index in [0.29, 0.717) is 22.8 Å². The number of amides is 1. The zero-order valence-corrected chi connectivity index (χ0v) is 16.6. The molecule has 0 radical (unpaired) electrons. The summed E-state index contributed by atoms with van der Waals surface area (Å²) in [6.07, 6.45) is -1.60. The zero-order chi connectivity index (χ0) is 21.2. The summed E-state index contributed by atoms with van der Waals surface area (Å²) in [6.45, 7) is 4.56. The first kappa shape index (κ1) is 20.8. The third kappa shape index (κ3) is 4.74. The minimum atomic E-state index is -2.65. The van der Waals surface area contributed by atoms with Crippen LogP contribution >= 0.6 is 0 Å². The first-order chi connectivity index (χ1) is 13.7. The molecule has 0 fully saturated rings. The Balaban J connectivity index is 1.92. The highest BCUT2D eigenvalue weighted by Crippen LogP contribution is 2.26. The molecular weight excluding hydrogens is 378 g/mol. The van der Waals surface area contributed by atoms with Gasteiger partial charge in [0.1, 0.15) is 17.2 Å². The highest BCUT2D eigenvalue weighted by molar-refractivity contribution is 5.96. The summed E-state index contributed by atoms with van der Waals surface area (Å²) in [6, 6.07) is 13.0. The van der Waals surface area contributed by atoms with Crippen LogP contribution in [-0.2, 0) is 0 Å². The number of carbonyl (C=O) groups excluding carboxylic acids is 1. The average molecular weight is 402 g/mol. The molecule has 0 spiro atoms. The smallest absolute Gasteiger partial charge is 0.269 e. The minimum absolute atomic E-state index is 0.309. The molecule has 2 aromatic heterocycles. The number of alkyl halides is 2. The summed E-state index contributed by atoms with van der Waals surface area (Å²) in [5, 5.41) is 12.1. The number of hydrogen-bond donors (Lipinski definition) is 2. The van der Waals surface area contributed by atoms with Crippen LogP contribution in [0.25, 0.3) is 5.52 Å². The molecule has 1 aromatic carbocycles. The van der Waals surface area contributed by atoms with Gasteiger partial charge in [-0.25, -0.2) is 8.78 Å². The van der Waals surface area contributed by atoms with E-state index in [1.165, 1.54) is 6.92 Å². The van der Waals surface area contributed by atoms with Gasteiger partial charge in [0.15, 0.2) is 0 Å². The summed E-state index contributed by atoms with van der Waals surface area (Å²) in [7, 11) is 0. The number of fused-ring (bicyclic) bond motifs is 1. The van der Waals surface area contributed by atoms with Crippen LogP contribution in [0.5, 0.6) is 11.5 Å². The van der Waals surface area contributed by atoms with E-state index >= 15 is 0 Å². The van der Waals surface area contributed by atoms with Crippen LogP contribution < -0.4 is 10.1 Å². The molecule has 0 saturated carbocycles. The first-order valence-corrected chi connectivity index (χ1v) is 9.28. The van der Waals surface area contributed by atoms with Crippen molar-refractivity contribution in [3.63, 3.8) is 0 Å². The number of ether oxygens (including phenoxy) is 1. The van der Waals surface area contributed by atoms with Gasteiger partial charge in [-0.1, -0.05) is 17.7 Å². The Morgan fingerprint density at radius 3 is 2.45 bits per heavy atom. The second-order valence-corrected chi connectivity index (χ2v) is 7.52. The summed E-state index contributed by atoms with van der Waals surface area (Å²) in [4.78, 5) is 12.9. The number of aliphatic hydroxyl groups is 1. The second kappa shape index (κ2) is 8.21. The third-order valence-electron chi connectivity index (χ3n) is 4.77. The molecule has 3 rings (SSSR count). The number of hydrogen-bond acceptors (Lipinski definition) is 3. The van der Waals surface area contributed by atoms with Crippen molar-refractivity contribution in [2.45, 2.75) is 39.2 Å². The van der Waals surface area contributed by atoms with Crippen LogP contribution in [0.4, 0.5) is 8.78 Å². The lowest BCUT2D eigenvalue weighted by Gasteiger charge is -2.28. The number of nitrogens with one attached hydrogen (secondary N) is 1. The van der Waals surface area contributed by atoms with E-state index in [2.05, 4.69) is 5.32 Å². The number of pyridine rings is 1. The number of rotatable bonds is 7. The Kier molecular flexibility index (Phi) is 5.88. The number of nitrogens with zero attached hydrogens (tertiary/aromatic N) is 1. The molecule has 0 saturated heterocycles. The largest absolute Gasteiger partial charge is 0.456 e. The Morgan fingerprint density at radius 1 is 1.17 bits per heavy atom. The number of halogens is 2. The van der Waals surface area contributed by atoms with Gasteiger partial charge in [-0.05, 0) is 56.7 Å².